The molecule has 0 saturated heterocycles. The Morgan fingerprint density at radius 3 is 2.56 bits per heavy atom. The molecular weight excluding hydrogens is 206 g/mol. The molecule has 0 bridgehead atoms. The first-order valence-electron chi connectivity index (χ1n) is 6.21. The topological polar surface area (TPSA) is 41.9 Å². The van der Waals surface area contributed by atoms with E-state index in [4.69, 9.17) is 9.47 Å². The van der Waals surface area contributed by atoms with Crippen LogP contribution in [0.25, 0.3) is 0 Å². The molecule has 0 amide bonds. The van der Waals surface area contributed by atoms with E-state index < -0.39 is 6.10 Å². The lowest BCUT2D eigenvalue weighted by molar-refractivity contribution is -0.0000622. The minimum atomic E-state index is -0.395. The second kappa shape index (κ2) is 11.3. The van der Waals surface area contributed by atoms with E-state index in [-0.39, 0.29) is 0 Å². The molecule has 0 rings (SSSR count). The molecule has 0 fully saturated rings. The Kier molecular flexibility index (Phi) is 11.2. The molecule has 0 aromatic carbocycles. The van der Waals surface area contributed by atoms with E-state index in [1.807, 2.05) is 0 Å². The fourth-order valence-corrected chi connectivity index (χ4v) is 1.47. The van der Waals surface area contributed by atoms with Gasteiger partial charge in [-0.25, -0.2) is 0 Å². The Morgan fingerprint density at radius 1 is 1.25 bits per heavy atom. The van der Waals surface area contributed by atoms with E-state index >= 15 is 0 Å². The van der Waals surface area contributed by atoms with Crippen LogP contribution in [0, 0.1) is 0 Å². The number of aliphatic hydroxyl groups is 1. The number of rotatable bonds is 11. The summed E-state index contributed by atoms with van der Waals surface area (Å²) in [6, 6.07) is 0. The van der Waals surface area contributed by atoms with Gasteiger partial charge < -0.3 is 19.5 Å². The van der Waals surface area contributed by atoms with Gasteiger partial charge in [0.2, 0.25) is 0 Å². The zero-order valence-corrected chi connectivity index (χ0v) is 10.9. The van der Waals surface area contributed by atoms with E-state index in [9.17, 15) is 5.11 Å². The molecule has 0 aliphatic carbocycles. The highest BCUT2D eigenvalue weighted by molar-refractivity contribution is 4.62. The SMILES string of the molecule is CCCCN(CC)CC(O)COCCOC. The second-order valence-electron chi connectivity index (χ2n) is 3.97. The molecule has 1 unspecified atom stereocenters. The van der Waals surface area contributed by atoms with Crippen molar-refractivity contribution >= 4 is 0 Å². The number of hydrogen-bond donors (Lipinski definition) is 1. The highest BCUT2D eigenvalue weighted by Gasteiger charge is 2.09. The normalized spacial score (nSPS) is 13.3. The van der Waals surface area contributed by atoms with Gasteiger partial charge in [-0.05, 0) is 19.5 Å². The van der Waals surface area contributed by atoms with Crippen molar-refractivity contribution in [1.82, 2.24) is 4.90 Å². The summed E-state index contributed by atoms with van der Waals surface area (Å²) in [5.41, 5.74) is 0. The van der Waals surface area contributed by atoms with Crippen molar-refractivity contribution in [1.29, 1.82) is 0 Å². The summed E-state index contributed by atoms with van der Waals surface area (Å²) in [5, 5.41) is 9.74. The number of aliphatic hydroxyl groups excluding tert-OH is 1. The molecule has 4 heteroatoms. The first-order valence-corrected chi connectivity index (χ1v) is 6.21. The molecule has 0 heterocycles. The predicted molar refractivity (Wildman–Crippen MR) is 65.7 cm³/mol. The van der Waals surface area contributed by atoms with Crippen LogP contribution in [0.3, 0.4) is 0 Å². The van der Waals surface area contributed by atoms with E-state index in [1.165, 1.54) is 12.8 Å². The van der Waals surface area contributed by atoms with E-state index in [1.54, 1.807) is 7.11 Å². The Balaban J connectivity index is 3.53. The van der Waals surface area contributed by atoms with E-state index in [0.29, 0.717) is 26.4 Å². The van der Waals surface area contributed by atoms with Crippen molar-refractivity contribution in [3.63, 3.8) is 0 Å². The molecule has 0 spiro atoms. The van der Waals surface area contributed by atoms with Crippen LogP contribution < -0.4 is 0 Å². The molecule has 4 nitrogen and oxygen atoms in total. The van der Waals surface area contributed by atoms with Gasteiger partial charge in [-0.3, -0.25) is 0 Å². The third kappa shape index (κ3) is 9.09. The summed E-state index contributed by atoms with van der Waals surface area (Å²) in [5.74, 6) is 0. The maximum absolute atomic E-state index is 9.74. The minimum Gasteiger partial charge on any atom is -0.389 e. The third-order valence-corrected chi connectivity index (χ3v) is 2.49. The largest absolute Gasteiger partial charge is 0.389 e. The number of hydrogen-bond acceptors (Lipinski definition) is 4. The molecular formula is C12H27NO3. The lowest BCUT2D eigenvalue weighted by Gasteiger charge is -2.23. The van der Waals surface area contributed by atoms with Gasteiger partial charge in [-0.15, -0.1) is 0 Å². The van der Waals surface area contributed by atoms with Crippen molar-refractivity contribution < 1.29 is 14.6 Å². The van der Waals surface area contributed by atoms with E-state index in [0.717, 1.165) is 13.1 Å². The highest BCUT2D eigenvalue weighted by Crippen LogP contribution is 1.97. The van der Waals surface area contributed by atoms with Crippen LogP contribution in [0.4, 0.5) is 0 Å². The van der Waals surface area contributed by atoms with Gasteiger partial charge in [-0.2, -0.15) is 0 Å². The van der Waals surface area contributed by atoms with Crippen LogP contribution in [0.1, 0.15) is 26.7 Å². The van der Waals surface area contributed by atoms with Crippen LogP contribution in [0.2, 0.25) is 0 Å². The maximum Gasteiger partial charge on any atom is 0.0900 e. The number of likely N-dealkylation sites (N-methyl/N-ethyl adjacent to an activating group) is 1. The monoisotopic (exact) mass is 233 g/mol. The van der Waals surface area contributed by atoms with Gasteiger partial charge in [0.05, 0.1) is 25.9 Å². The molecule has 0 aliphatic rings. The van der Waals surface area contributed by atoms with Crippen molar-refractivity contribution in [2.75, 3.05) is 46.6 Å². The number of nitrogens with zero attached hydrogens (tertiary/aromatic N) is 1. The fraction of sp³-hybridized carbons (Fsp3) is 1.00. The zero-order valence-electron chi connectivity index (χ0n) is 10.9. The van der Waals surface area contributed by atoms with Gasteiger partial charge in [0.25, 0.3) is 0 Å². The molecule has 0 aromatic heterocycles. The molecule has 0 aliphatic heterocycles. The fourth-order valence-electron chi connectivity index (χ4n) is 1.47. The summed E-state index contributed by atoms with van der Waals surface area (Å²) in [6.07, 6.45) is 1.98. The number of unbranched alkanes of at least 4 members (excludes halogenated alkanes) is 1. The van der Waals surface area contributed by atoms with Crippen LogP contribution in [-0.4, -0.2) is 62.7 Å². The van der Waals surface area contributed by atoms with E-state index in [2.05, 4.69) is 18.7 Å². The van der Waals surface area contributed by atoms with Gasteiger partial charge in [0, 0.05) is 13.7 Å². The zero-order chi connectivity index (χ0) is 12.2. The molecule has 0 aromatic rings. The smallest absolute Gasteiger partial charge is 0.0900 e. The lowest BCUT2D eigenvalue weighted by atomic mass is 10.3. The second-order valence-corrected chi connectivity index (χ2v) is 3.97. The first-order chi connectivity index (χ1) is 7.74. The van der Waals surface area contributed by atoms with Crippen molar-refractivity contribution in [3.05, 3.63) is 0 Å². The summed E-state index contributed by atoms with van der Waals surface area (Å²) in [6.45, 7) is 8.56. The number of methoxy groups -OCH3 is 1. The Labute approximate surface area is 99.5 Å². The van der Waals surface area contributed by atoms with Crippen LogP contribution in [-0.2, 0) is 9.47 Å². The average Bonchev–Trinajstić information content (AvgIpc) is 2.30. The molecule has 0 radical (unpaired) electrons. The Morgan fingerprint density at radius 2 is 2.00 bits per heavy atom. The molecule has 1 N–H and O–H groups in total. The molecule has 16 heavy (non-hydrogen) atoms. The summed E-state index contributed by atoms with van der Waals surface area (Å²) in [4.78, 5) is 2.26. The van der Waals surface area contributed by atoms with Gasteiger partial charge in [-0.1, -0.05) is 20.3 Å². The summed E-state index contributed by atoms with van der Waals surface area (Å²) in [7, 11) is 1.64. The molecule has 0 saturated carbocycles. The molecule has 1 atom stereocenters. The average molecular weight is 233 g/mol. The van der Waals surface area contributed by atoms with Crippen molar-refractivity contribution in [3.8, 4) is 0 Å². The van der Waals surface area contributed by atoms with Crippen LogP contribution >= 0.6 is 0 Å². The third-order valence-electron chi connectivity index (χ3n) is 2.49. The van der Waals surface area contributed by atoms with Crippen LogP contribution in [0.15, 0.2) is 0 Å². The van der Waals surface area contributed by atoms with Crippen LogP contribution in [0.5, 0.6) is 0 Å². The number of ether oxygens (including phenoxy) is 2. The Bertz CT molecular complexity index is 144. The summed E-state index contributed by atoms with van der Waals surface area (Å²) >= 11 is 0. The van der Waals surface area contributed by atoms with Gasteiger partial charge >= 0.3 is 0 Å². The minimum absolute atomic E-state index is 0.395. The van der Waals surface area contributed by atoms with Crippen molar-refractivity contribution in [2.45, 2.75) is 32.8 Å². The first kappa shape index (κ1) is 15.8. The standard InChI is InChI=1S/C12H27NO3/c1-4-6-7-13(5-2)10-12(14)11-16-9-8-15-3/h12,14H,4-11H2,1-3H3. The van der Waals surface area contributed by atoms with Crippen molar-refractivity contribution in [2.24, 2.45) is 0 Å². The maximum atomic E-state index is 9.74. The van der Waals surface area contributed by atoms with Gasteiger partial charge in [0.1, 0.15) is 0 Å². The quantitative estimate of drug-likeness (QED) is 0.543. The summed E-state index contributed by atoms with van der Waals surface area (Å²) < 4.78 is 10.1. The van der Waals surface area contributed by atoms with Gasteiger partial charge in [0.15, 0.2) is 0 Å². The lowest BCUT2D eigenvalue weighted by Crippen LogP contribution is -2.35. The molecule has 98 valence electrons. The Hall–Kier alpha value is -0.160. The predicted octanol–water partition coefficient (Wildman–Crippen LogP) is 1.13. The highest BCUT2D eigenvalue weighted by atomic mass is 16.5.